The summed E-state index contributed by atoms with van der Waals surface area (Å²) in [6, 6.07) is 14.8. The van der Waals surface area contributed by atoms with Crippen molar-refractivity contribution < 1.29 is 27.1 Å². The van der Waals surface area contributed by atoms with Crippen LogP contribution in [0.5, 0.6) is 0 Å². The molecule has 1 saturated heterocycles. The van der Waals surface area contributed by atoms with Crippen LogP contribution in [0.1, 0.15) is 58.9 Å². The molecule has 1 aliphatic heterocycles. The lowest BCUT2D eigenvalue weighted by atomic mass is 10.0. The van der Waals surface area contributed by atoms with E-state index in [-0.39, 0.29) is 36.8 Å². The van der Waals surface area contributed by atoms with Crippen LogP contribution in [0, 0.1) is 0 Å². The van der Waals surface area contributed by atoms with Gasteiger partial charge >= 0.3 is 6.18 Å². The Morgan fingerprint density at radius 1 is 1.17 bits per heavy atom. The summed E-state index contributed by atoms with van der Waals surface area (Å²) in [5, 5.41) is 2.81. The minimum absolute atomic E-state index is 0.0139. The van der Waals surface area contributed by atoms with Gasteiger partial charge in [0, 0.05) is 25.7 Å². The number of hydrogen-bond acceptors (Lipinski definition) is 5. The zero-order valence-corrected chi connectivity index (χ0v) is 19.4. The molecule has 35 heavy (non-hydrogen) atoms. The van der Waals surface area contributed by atoms with Gasteiger partial charge in [0.25, 0.3) is 5.91 Å². The molecular weight excluding hydrogens is 459 g/mol. The van der Waals surface area contributed by atoms with Gasteiger partial charge < -0.3 is 14.5 Å². The molecule has 1 aliphatic rings. The van der Waals surface area contributed by atoms with E-state index in [1.54, 1.807) is 6.07 Å². The van der Waals surface area contributed by atoms with Crippen LogP contribution in [0.2, 0.25) is 0 Å². The molecule has 0 saturated carbocycles. The number of oxazole rings is 1. The summed E-state index contributed by atoms with van der Waals surface area (Å²) in [6.07, 6.45) is -1.21. The second-order valence-corrected chi connectivity index (χ2v) is 8.66. The summed E-state index contributed by atoms with van der Waals surface area (Å²) < 4.78 is 50.8. The number of amides is 1. The third-order valence-corrected chi connectivity index (χ3v) is 6.11. The molecule has 2 heterocycles. The second kappa shape index (κ2) is 11.0. The van der Waals surface area contributed by atoms with E-state index in [1.165, 1.54) is 12.3 Å². The fourth-order valence-corrected chi connectivity index (χ4v) is 4.12. The highest BCUT2D eigenvalue weighted by molar-refractivity contribution is 5.91. The monoisotopic (exact) mass is 487 g/mol. The van der Waals surface area contributed by atoms with Crippen molar-refractivity contribution in [3.05, 3.63) is 89.1 Å². The Morgan fingerprint density at radius 2 is 1.97 bits per heavy atom. The average Bonchev–Trinajstić information content (AvgIpc) is 3.54. The van der Waals surface area contributed by atoms with Crippen LogP contribution >= 0.6 is 0 Å². The molecule has 1 aromatic heterocycles. The van der Waals surface area contributed by atoms with Crippen LogP contribution in [0.25, 0.3) is 0 Å². The van der Waals surface area contributed by atoms with E-state index < -0.39 is 11.7 Å². The Bertz CT molecular complexity index is 1110. The molecule has 0 spiro atoms. The fraction of sp³-hybridized carbons (Fsp3) is 0.385. The number of ether oxygens (including phenoxy) is 1. The van der Waals surface area contributed by atoms with Crippen molar-refractivity contribution in [1.82, 2.24) is 15.2 Å². The molecule has 9 heteroatoms. The second-order valence-electron chi connectivity index (χ2n) is 8.66. The summed E-state index contributed by atoms with van der Waals surface area (Å²) in [5.41, 5.74) is 0.984. The van der Waals surface area contributed by atoms with Crippen molar-refractivity contribution >= 4 is 5.91 Å². The number of nitrogens with one attached hydrogen (secondary N) is 1. The van der Waals surface area contributed by atoms with Crippen molar-refractivity contribution in [3.63, 3.8) is 0 Å². The summed E-state index contributed by atoms with van der Waals surface area (Å²) in [4.78, 5) is 18.8. The Labute approximate surface area is 202 Å². The van der Waals surface area contributed by atoms with Gasteiger partial charge in [-0.25, -0.2) is 4.98 Å². The largest absolute Gasteiger partial charge is 0.447 e. The maximum absolute atomic E-state index is 13.2. The maximum Gasteiger partial charge on any atom is 0.416 e. The van der Waals surface area contributed by atoms with Gasteiger partial charge in [-0.15, -0.1) is 0 Å². The average molecular weight is 488 g/mol. The number of halogens is 3. The number of benzene rings is 2. The molecule has 3 aromatic rings. The van der Waals surface area contributed by atoms with E-state index >= 15 is 0 Å². The number of hydrogen-bond donors (Lipinski definition) is 1. The van der Waals surface area contributed by atoms with Crippen LogP contribution in [0.4, 0.5) is 13.2 Å². The maximum atomic E-state index is 13.2. The quantitative estimate of drug-likeness (QED) is 0.440. The zero-order chi connectivity index (χ0) is 24.8. The number of nitrogens with zero attached hydrogens (tertiary/aromatic N) is 2. The molecular formula is C26H28F3N3O3. The zero-order valence-electron chi connectivity index (χ0n) is 19.4. The molecule has 186 valence electrons. The first kappa shape index (κ1) is 24.9. The van der Waals surface area contributed by atoms with Crippen LogP contribution in [0.3, 0.4) is 0 Å². The lowest BCUT2D eigenvalue weighted by Gasteiger charge is -2.28. The lowest BCUT2D eigenvalue weighted by molar-refractivity contribution is -0.137. The fourth-order valence-electron chi connectivity index (χ4n) is 4.12. The van der Waals surface area contributed by atoms with Gasteiger partial charge in [-0.1, -0.05) is 48.5 Å². The van der Waals surface area contributed by atoms with E-state index in [2.05, 4.69) is 10.3 Å². The first-order chi connectivity index (χ1) is 16.8. The van der Waals surface area contributed by atoms with Crippen molar-refractivity contribution in [2.24, 2.45) is 0 Å². The van der Waals surface area contributed by atoms with E-state index in [1.807, 2.05) is 42.2 Å². The topological polar surface area (TPSA) is 67.6 Å². The normalized spacial score (nSPS) is 17.0. The van der Waals surface area contributed by atoms with Gasteiger partial charge in [0.05, 0.1) is 18.2 Å². The third-order valence-electron chi connectivity index (χ3n) is 6.11. The van der Waals surface area contributed by atoms with Crippen LogP contribution < -0.4 is 5.32 Å². The first-order valence-electron chi connectivity index (χ1n) is 11.6. The molecule has 0 unspecified atom stereocenters. The standard InChI is InChI=1S/C26H28F3N3O3/c1-18(20-8-3-2-4-9-20)32(15-19-7-5-10-21(13-19)26(27,28)29)16-24-31-23(17-35-24)25(33)30-14-22-11-6-12-34-22/h2-5,7-10,13,17-18,22H,6,11-12,14-16H2,1H3,(H,30,33)/t18-,22-/m1/s1. The Balaban J connectivity index is 1.49. The molecule has 0 aliphatic carbocycles. The number of alkyl halides is 3. The lowest BCUT2D eigenvalue weighted by Crippen LogP contribution is -2.32. The molecule has 0 radical (unpaired) electrons. The molecule has 2 aromatic carbocycles. The SMILES string of the molecule is C[C@H](c1ccccc1)N(Cc1cccc(C(F)(F)F)c1)Cc1nc(C(=O)NC[C@H]2CCCO2)co1. The van der Waals surface area contributed by atoms with E-state index in [9.17, 15) is 18.0 Å². The summed E-state index contributed by atoms with van der Waals surface area (Å²) in [7, 11) is 0. The van der Waals surface area contributed by atoms with Gasteiger partial charge in [0.2, 0.25) is 5.89 Å². The Kier molecular flexibility index (Phi) is 7.87. The highest BCUT2D eigenvalue weighted by Gasteiger charge is 2.30. The van der Waals surface area contributed by atoms with Crippen molar-refractivity contribution in [2.45, 2.75) is 51.2 Å². The first-order valence-corrected chi connectivity index (χ1v) is 11.6. The smallest absolute Gasteiger partial charge is 0.416 e. The molecule has 0 bridgehead atoms. The minimum Gasteiger partial charge on any atom is -0.447 e. The summed E-state index contributed by atoms with van der Waals surface area (Å²) in [5.74, 6) is -0.0435. The van der Waals surface area contributed by atoms with Gasteiger partial charge in [-0.05, 0) is 37.0 Å². The van der Waals surface area contributed by atoms with Crippen molar-refractivity contribution in [1.29, 1.82) is 0 Å². The molecule has 1 N–H and O–H groups in total. The summed E-state index contributed by atoms with van der Waals surface area (Å²) in [6.45, 7) is 3.54. The molecule has 1 amide bonds. The predicted octanol–water partition coefficient (Wildman–Crippen LogP) is 5.37. The Hall–Kier alpha value is -3.17. The number of carbonyl (C=O) groups excluding carboxylic acids is 1. The van der Waals surface area contributed by atoms with Crippen molar-refractivity contribution in [3.8, 4) is 0 Å². The third kappa shape index (κ3) is 6.70. The van der Waals surface area contributed by atoms with Gasteiger partial charge in [0.1, 0.15) is 6.26 Å². The van der Waals surface area contributed by atoms with Crippen molar-refractivity contribution in [2.75, 3.05) is 13.2 Å². The van der Waals surface area contributed by atoms with E-state index in [4.69, 9.17) is 9.15 Å². The highest BCUT2D eigenvalue weighted by atomic mass is 19.4. The van der Waals surface area contributed by atoms with Crippen LogP contribution in [0.15, 0.2) is 65.3 Å². The number of aromatic nitrogens is 1. The van der Waals surface area contributed by atoms with E-state index in [0.717, 1.165) is 30.5 Å². The highest BCUT2D eigenvalue weighted by Crippen LogP contribution is 2.31. The summed E-state index contributed by atoms with van der Waals surface area (Å²) >= 11 is 0. The molecule has 4 rings (SSSR count). The number of carbonyl (C=O) groups is 1. The minimum atomic E-state index is -4.42. The Morgan fingerprint density at radius 3 is 2.69 bits per heavy atom. The molecule has 1 fully saturated rings. The van der Waals surface area contributed by atoms with Gasteiger partial charge in [0.15, 0.2) is 5.69 Å². The van der Waals surface area contributed by atoms with Crippen LogP contribution in [-0.2, 0) is 24.0 Å². The van der Waals surface area contributed by atoms with Gasteiger partial charge in [-0.2, -0.15) is 13.2 Å². The van der Waals surface area contributed by atoms with Gasteiger partial charge in [-0.3, -0.25) is 9.69 Å². The molecule has 2 atom stereocenters. The molecule has 6 nitrogen and oxygen atoms in total. The van der Waals surface area contributed by atoms with Crippen LogP contribution in [-0.4, -0.2) is 35.0 Å². The van der Waals surface area contributed by atoms with E-state index in [0.29, 0.717) is 24.6 Å². The number of rotatable bonds is 9. The predicted molar refractivity (Wildman–Crippen MR) is 123 cm³/mol.